The molecule has 4 heterocycles. The van der Waals surface area contributed by atoms with E-state index in [1.165, 1.54) is 0 Å². The Balaban J connectivity index is 1.40. The molecule has 190 valence electrons. The molecule has 1 aromatic carbocycles. The molecule has 1 fully saturated rings. The predicted molar refractivity (Wildman–Crippen MR) is 140 cm³/mol. The van der Waals surface area contributed by atoms with Gasteiger partial charge in [-0.25, -0.2) is 14.3 Å². The zero-order valence-electron chi connectivity index (χ0n) is 21.6. The number of amides is 1. The zero-order valence-corrected chi connectivity index (χ0v) is 21.6. The van der Waals surface area contributed by atoms with Gasteiger partial charge in [-0.2, -0.15) is 10.4 Å². The number of carbonyl (C=O) groups is 1. The molecule has 0 aliphatic carbocycles. The van der Waals surface area contributed by atoms with Gasteiger partial charge in [0.05, 0.1) is 30.1 Å². The third kappa shape index (κ3) is 4.92. The van der Waals surface area contributed by atoms with Crippen LogP contribution in [0.15, 0.2) is 47.5 Å². The van der Waals surface area contributed by atoms with E-state index in [0.29, 0.717) is 37.0 Å². The summed E-state index contributed by atoms with van der Waals surface area (Å²) in [7, 11) is 0. The first kappa shape index (κ1) is 24.5. The summed E-state index contributed by atoms with van der Waals surface area (Å²) in [6.45, 7) is 8.57. The molecule has 1 amide bonds. The number of fused-ring (bicyclic) bond motifs is 2. The number of ether oxygens (including phenoxy) is 1. The normalized spacial score (nSPS) is 14.7. The number of hydrogen-bond acceptors (Lipinski definition) is 6. The first-order chi connectivity index (χ1) is 17.6. The second kappa shape index (κ2) is 9.36. The first-order valence-corrected chi connectivity index (χ1v) is 12.5. The fraction of sp³-hybridized carbons (Fsp3) is 0.393. The van der Waals surface area contributed by atoms with Crippen LogP contribution < -0.4 is 5.56 Å². The van der Waals surface area contributed by atoms with Gasteiger partial charge in [0.2, 0.25) is 0 Å². The predicted octanol–water partition coefficient (Wildman–Crippen LogP) is 4.66. The van der Waals surface area contributed by atoms with E-state index in [1.807, 2.05) is 70.4 Å². The molecule has 0 bridgehead atoms. The molecule has 0 atom stereocenters. The number of rotatable bonds is 3. The molecule has 4 aromatic rings. The summed E-state index contributed by atoms with van der Waals surface area (Å²) in [4.78, 5) is 32.0. The van der Waals surface area contributed by atoms with E-state index in [2.05, 4.69) is 11.1 Å². The van der Waals surface area contributed by atoms with Gasteiger partial charge < -0.3 is 14.2 Å². The summed E-state index contributed by atoms with van der Waals surface area (Å²) < 4.78 is 8.99. The summed E-state index contributed by atoms with van der Waals surface area (Å²) in [6, 6.07) is 11.8. The maximum Gasteiger partial charge on any atom is 0.410 e. The lowest BCUT2D eigenvalue weighted by atomic mass is 10.0. The van der Waals surface area contributed by atoms with Gasteiger partial charge in [0.1, 0.15) is 5.60 Å². The number of nitrogens with zero attached hydrogens (tertiary/aromatic N) is 6. The third-order valence-corrected chi connectivity index (χ3v) is 6.63. The Labute approximate surface area is 214 Å². The average Bonchev–Trinajstić information content (AvgIpc) is 3.24. The number of carbonyl (C=O) groups excluding carboxylic acids is 1. The summed E-state index contributed by atoms with van der Waals surface area (Å²) in [5.74, 6) is 0. The summed E-state index contributed by atoms with van der Waals surface area (Å²) in [5.41, 5.74) is 3.34. The van der Waals surface area contributed by atoms with Crippen LogP contribution in [0.4, 0.5) is 4.79 Å². The van der Waals surface area contributed by atoms with Gasteiger partial charge in [-0.05, 0) is 70.2 Å². The van der Waals surface area contributed by atoms with Crippen molar-refractivity contribution in [2.75, 3.05) is 13.1 Å². The topological polar surface area (TPSA) is 106 Å². The molecule has 1 aliphatic rings. The molecule has 1 saturated heterocycles. The maximum absolute atomic E-state index is 13.4. The van der Waals surface area contributed by atoms with E-state index in [9.17, 15) is 14.9 Å². The van der Waals surface area contributed by atoms with E-state index in [1.54, 1.807) is 14.0 Å². The van der Waals surface area contributed by atoms with Crippen LogP contribution in [0.2, 0.25) is 0 Å². The third-order valence-electron chi connectivity index (χ3n) is 6.63. The number of benzene rings is 1. The van der Waals surface area contributed by atoms with Crippen LogP contribution in [0.5, 0.6) is 0 Å². The van der Waals surface area contributed by atoms with Gasteiger partial charge >= 0.3 is 6.09 Å². The highest BCUT2D eigenvalue weighted by molar-refractivity contribution is 5.86. The van der Waals surface area contributed by atoms with Crippen molar-refractivity contribution in [1.29, 1.82) is 5.26 Å². The number of aromatic nitrogens is 4. The molecule has 0 spiro atoms. The molecule has 0 radical (unpaired) electrons. The van der Waals surface area contributed by atoms with Gasteiger partial charge in [-0.1, -0.05) is 6.07 Å². The largest absolute Gasteiger partial charge is 0.444 e. The minimum absolute atomic E-state index is 0.0253. The SMILES string of the molecule is Cc1cn2nc(-c3ccc4c(=O)n(C5CCN(C(=O)OC(C)(C)C)CC5)ccc4c3)cc(CC#N)c2n1. The van der Waals surface area contributed by atoms with Crippen LogP contribution in [-0.4, -0.2) is 48.8 Å². The van der Waals surface area contributed by atoms with Crippen molar-refractivity contribution in [3.8, 4) is 17.3 Å². The smallest absolute Gasteiger partial charge is 0.410 e. The molecule has 37 heavy (non-hydrogen) atoms. The molecule has 0 unspecified atom stereocenters. The molecule has 0 saturated carbocycles. The van der Waals surface area contributed by atoms with Crippen LogP contribution >= 0.6 is 0 Å². The molecule has 0 N–H and O–H groups in total. The van der Waals surface area contributed by atoms with E-state index >= 15 is 0 Å². The lowest BCUT2D eigenvalue weighted by molar-refractivity contribution is 0.0187. The highest BCUT2D eigenvalue weighted by Crippen LogP contribution is 2.27. The summed E-state index contributed by atoms with van der Waals surface area (Å²) >= 11 is 0. The number of piperidine rings is 1. The van der Waals surface area contributed by atoms with E-state index in [4.69, 9.17) is 9.84 Å². The highest BCUT2D eigenvalue weighted by atomic mass is 16.6. The van der Waals surface area contributed by atoms with Gasteiger partial charge in [0, 0.05) is 41.8 Å². The molecular weight excluding hydrogens is 468 g/mol. The second-order valence-electron chi connectivity index (χ2n) is 10.6. The maximum atomic E-state index is 13.4. The Bertz CT molecular complexity index is 1600. The fourth-order valence-electron chi connectivity index (χ4n) is 4.87. The summed E-state index contributed by atoms with van der Waals surface area (Å²) in [6.07, 6.45) is 5.00. The van der Waals surface area contributed by atoms with Crippen LogP contribution in [0.3, 0.4) is 0 Å². The van der Waals surface area contributed by atoms with Crippen molar-refractivity contribution >= 4 is 22.5 Å². The Morgan fingerprint density at radius 1 is 1.19 bits per heavy atom. The van der Waals surface area contributed by atoms with Crippen molar-refractivity contribution in [2.45, 2.75) is 58.6 Å². The van der Waals surface area contributed by atoms with Crippen molar-refractivity contribution in [2.24, 2.45) is 0 Å². The Morgan fingerprint density at radius 3 is 2.65 bits per heavy atom. The molecule has 1 aliphatic heterocycles. The number of imidazole rings is 1. The minimum Gasteiger partial charge on any atom is -0.444 e. The van der Waals surface area contributed by atoms with Gasteiger partial charge in [-0.15, -0.1) is 0 Å². The van der Waals surface area contributed by atoms with Gasteiger partial charge in [0.15, 0.2) is 5.65 Å². The number of hydrogen-bond donors (Lipinski definition) is 0. The van der Waals surface area contributed by atoms with E-state index in [0.717, 1.165) is 27.9 Å². The van der Waals surface area contributed by atoms with Crippen molar-refractivity contribution in [3.05, 3.63) is 64.3 Å². The van der Waals surface area contributed by atoms with E-state index in [-0.39, 0.29) is 24.1 Å². The van der Waals surface area contributed by atoms with Crippen LogP contribution in [-0.2, 0) is 11.2 Å². The fourth-order valence-corrected chi connectivity index (χ4v) is 4.87. The number of nitriles is 1. The molecular formula is C28H30N6O3. The molecule has 5 rings (SSSR count). The van der Waals surface area contributed by atoms with Crippen LogP contribution in [0.1, 0.15) is 50.9 Å². The van der Waals surface area contributed by atoms with Crippen molar-refractivity contribution < 1.29 is 9.53 Å². The zero-order chi connectivity index (χ0) is 26.3. The second-order valence-corrected chi connectivity index (χ2v) is 10.6. The lowest BCUT2D eigenvalue weighted by Gasteiger charge is -2.34. The molecule has 9 nitrogen and oxygen atoms in total. The quantitative estimate of drug-likeness (QED) is 0.407. The Morgan fingerprint density at radius 2 is 1.95 bits per heavy atom. The van der Waals surface area contributed by atoms with Crippen molar-refractivity contribution in [3.63, 3.8) is 0 Å². The summed E-state index contributed by atoms with van der Waals surface area (Å²) in [5, 5.41) is 15.4. The van der Waals surface area contributed by atoms with Gasteiger partial charge in [0.25, 0.3) is 5.56 Å². The lowest BCUT2D eigenvalue weighted by Crippen LogP contribution is -2.43. The highest BCUT2D eigenvalue weighted by Gasteiger charge is 2.28. The van der Waals surface area contributed by atoms with Crippen molar-refractivity contribution in [1.82, 2.24) is 24.1 Å². The molecule has 9 heteroatoms. The standard InChI is InChI=1S/C28H30N6O3/c1-18-17-34-25(30-18)21(7-11-29)16-24(31-34)20-5-6-23-19(15-20)8-14-33(26(23)35)22-9-12-32(13-10-22)27(36)37-28(2,3)4/h5-6,8,14-17,22H,7,9-10,12-13H2,1-4H3. The number of pyridine rings is 1. The van der Waals surface area contributed by atoms with Crippen LogP contribution in [0.25, 0.3) is 27.7 Å². The molecule has 3 aromatic heterocycles. The van der Waals surface area contributed by atoms with Crippen LogP contribution in [0, 0.1) is 18.3 Å². The number of likely N-dealkylation sites (tertiary alicyclic amines) is 1. The Kier molecular flexibility index (Phi) is 6.20. The minimum atomic E-state index is -0.529. The average molecular weight is 499 g/mol. The first-order valence-electron chi connectivity index (χ1n) is 12.5. The van der Waals surface area contributed by atoms with Gasteiger partial charge in [-0.3, -0.25) is 4.79 Å². The van der Waals surface area contributed by atoms with E-state index < -0.39 is 5.60 Å². The monoisotopic (exact) mass is 498 g/mol. The Hall–Kier alpha value is -4.19. The number of aryl methyl sites for hydroxylation is 1.